The molecule has 0 unspecified atom stereocenters. The first-order valence-electron chi connectivity index (χ1n) is 6.27. The molecule has 1 aliphatic rings. The van der Waals surface area contributed by atoms with Gasteiger partial charge < -0.3 is 0 Å². The van der Waals surface area contributed by atoms with Gasteiger partial charge in [0.1, 0.15) is 0 Å². The molecule has 0 amide bonds. The molecule has 0 radical (unpaired) electrons. The maximum absolute atomic E-state index is 12.1. The fourth-order valence-electron chi connectivity index (χ4n) is 2.50. The molecule has 0 aliphatic heterocycles. The summed E-state index contributed by atoms with van der Waals surface area (Å²) >= 11 is 3.40. The Balaban J connectivity index is 2.26. The number of hydrogen-bond acceptors (Lipinski definition) is 3. The highest BCUT2D eigenvalue weighted by atomic mass is 79.9. The van der Waals surface area contributed by atoms with Crippen LogP contribution in [0.25, 0.3) is 0 Å². The van der Waals surface area contributed by atoms with Crippen LogP contribution >= 0.6 is 15.9 Å². The quantitative estimate of drug-likeness (QED) is 0.861. The van der Waals surface area contributed by atoms with Crippen LogP contribution in [0.15, 0.2) is 9.27 Å². The minimum Gasteiger partial charge on any atom is -0.297 e. The molecule has 1 aromatic heterocycles. The maximum atomic E-state index is 12.1. The third-order valence-corrected chi connectivity index (χ3v) is 4.81. The zero-order valence-corrected chi connectivity index (χ0v) is 12.3. The van der Waals surface area contributed by atoms with Gasteiger partial charge in [0.25, 0.3) is 0 Å². The number of nitrogens with zero attached hydrogens (tertiary/aromatic N) is 2. The number of carbonyl (C=O) groups is 1. The summed E-state index contributed by atoms with van der Waals surface area (Å²) in [5.74, 6) is 0.298. The standard InChI is InChI=1S/C13H17BrN2O2/c1-8-12(14)9(2)16(13(18)15-8)7-11(17)10-5-3-4-6-10/h10H,3-7H2,1-2H3. The van der Waals surface area contributed by atoms with Gasteiger partial charge >= 0.3 is 5.69 Å². The lowest BCUT2D eigenvalue weighted by molar-refractivity contribution is -0.123. The Labute approximate surface area is 115 Å². The molecule has 0 aromatic carbocycles. The van der Waals surface area contributed by atoms with Crippen molar-refractivity contribution in [1.82, 2.24) is 9.55 Å². The minimum absolute atomic E-state index is 0.136. The Hall–Kier alpha value is -0.970. The highest BCUT2D eigenvalue weighted by Gasteiger charge is 2.23. The van der Waals surface area contributed by atoms with Gasteiger partial charge in [-0.3, -0.25) is 9.36 Å². The molecule has 1 aliphatic carbocycles. The summed E-state index contributed by atoms with van der Waals surface area (Å²) in [4.78, 5) is 27.9. The normalized spacial score (nSPS) is 16.2. The number of hydrogen-bond donors (Lipinski definition) is 0. The predicted octanol–water partition coefficient (Wildman–Crippen LogP) is 2.38. The van der Waals surface area contributed by atoms with Crippen molar-refractivity contribution in [2.75, 3.05) is 0 Å². The smallest absolute Gasteiger partial charge is 0.297 e. The average Bonchev–Trinajstić information content (AvgIpc) is 2.85. The minimum atomic E-state index is -0.334. The van der Waals surface area contributed by atoms with E-state index in [4.69, 9.17) is 0 Å². The summed E-state index contributed by atoms with van der Waals surface area (Å²) in [6.45, 7) is 3.77. The summed E-state index contributed by atoms with van der Waals surface area (Å²) in [6.07, 6.45) is 4.18. The Kier molecular flexibility index (Phi) is 4.00. The van der Waals surface area contributed by atoms with Crippen molar-refractivity contribution in [3.8, 4) is 0 Å². The van der Waals surface area contributed by atoms with Crippen LogP contribution in [0.5, 0.6) is 0 Å². The van der Waals surface area contributed by atoms with Gasteiger partial charge in [-0.2, -0.15) is 4.98 Å². The van der Waals surface area contributed by atoms with E-state index in [0.29, 0.717) is 5.69 Å². The van der Waals surface area contributed by atoms with Crippen molar-refractivity contribution >= 4 is 21.7 Å². The molecule has 0 atom stereocenters. The molecule has 0 saturated heterocycles. The SMILES string of the molecule is Cc1nc(=O)n(CC(=O)C2CCCC2)c(C)c1Br. The second-order valence-electron chi connectivity index (χ2n) is 4.91. The molecule has 1 fully saturated rings. The fraction of sp³-hybridized carbons (Fsp3) is 0.615. The highest BCUT2D eigenvalue weighted by Crippen LogP contribution is 2.26. The molecule has 1 aromatic rings. The lowest BCUT2D eigenvalue weighted by Crippen LogP contribution is -2.31. The summed E-state index contributed by atoms with van der Waals surface area (Å²) < 4.78 is 2.28. The molecule has 18 heavy (non-hydrogen) atoms. The van der Waals surface area contributed by atoms with Gasteiger partial charge in [-0.25, -0.2) is 4.79 Å². The second kappa shape index (κ2) is 5.34. The summed E-state index contributed by atoms with van der Waals surface area (Å²) in [6, 6.07) is 0. The van der Waals surface area contributed by atoms with Crippen LogP contribution in [0, 0.1) is 19.8 Å². The molecular formula is C13H17BrN2O2. The summed E-state index contributed by atoms with van der Waals surface area (Å²) in [5.41, 5.74) is 1.11. The number of aromatic nitrogens is 2. The van der Waals surface area contributed by atoms with Crippen molar-refractivity contribution in [2.45, 2.75) is 46.1 Å². The van der Waals surface area contributed by atoms with Crippen LogP contribution in [0.2, 0.25) is 0 Å². The maximum Gasteiger partial charge on any atom is 0.348 e. The Morgan fingerprint density at radius 1 is 1.39 bits per heavy atom. The Morgan fingerprint density at radius 2 is 2.00 bits per heavy atom. The van der Waals surface area contributed by atoms with Crippen molar-refractivity contribution in [2.24, 2.45) is 5.92 Å². The first-order valence-corrected chi connectivity index (χ1v) is 7.06. The van der Waals surface area contributed by atoms with E-state index >= 15 is 0 Å². The van der Waals surface area contributed by atoms with Crippen LogP contribution in [-0.2, 0) is 11.3 Å². The number of ketones is 1. The Morgan fingerprint density at radius 3 is 2.61 bits per heavy atom. The van der Waals surface area contributed by atoms with Crippen LogP contribution in [-0.4, -0.2) is 15.3 Å². The topological polar surface area (TPSA) is 52.0 Å². The first kappa shape index (κ1) is 13.5. The van der Waals surface area contributed by atoms with Crippen LogP contribution in [0.4, 0.5) is 0 Å². The molecule has 1 saturated carbocycles. The summed E-state index contributed by atoms with van der Waals surface area (Å²) in [7, 11) is 0. The second-order valence-corrected chi connectivity index (χ2v) is 5.71. The van der Waals surface area contributed by atoms with Gasteiger partial charge in [0.05, 0.1) is 16.7 Å². The molecule has 2 rings (SSSR count). The molecule has 4 nitrogen and oxygen atoms in total. The van der Waals surface area contributed by atoms with E-state index in [0.717, 1.165) is 35.8 Å². The van der Waals surface area contributed by atoms with Gasteiger partial charge in [0, 0.05) is 11.6 Å². The van der Waals surface area contributed by atoms with Gasteiger partial charge in [-0.1, -0.05) is 12.8 Å². The monoisotopic (exact) mass is 312 g/mol. The lowest BCUT2D eigenvalue weighted by atomic mass is 10.0. The summed E-state index contributed by atoms with van der Waals surface area (Å²) in [5, 5.41) is 0. The van der Waals surface area contributed by atoms with Crippen molar-refractivity contribution in [3.05, 3.63) is 26.3 Å². The van der Waals surface area contributed by atoms with E-state index in [1.807, 2.05) is 6.92 Å². The number of rotatable bonds is 3. The van der Waals surface area contributed by atoms with Gasteiger partial charge in [0.2, 0.25) is 0 Å². The lowest BCUT2D eigenvalue weighted by Gasteiger charge is -2.13. The molecule has 0 spiro atoms. The van der Waals surface area contributed by atoms with Gasteiger partial charge in [0.15, 0.2) is 5.78 Å². The number of Topliss-reactive ketones (excluding diaryl/α,β-unsaturated/α-hetero) is 1. The van der Waals surface area contributed by atoms with Crippen LogP contribution in [0.3, 0.4) is 0 Å². The molecule has 0 N–H and O–H groups in total. The van der Waals surface area contributed by atoms with E-state index in [-0.39, 0.29) is 23.9 Å². The van der Waals surface area contributed by atoms with Crippen molar-refractivity contribution < 1.29 is 4.79 Å². The third kappa shape index (κ3) is 2.55. The largest absolute Gasteiger partial charge is 0.348 e. The molecule has 98 valence electrons. The van der Waals surface area contributed by atoms with Crippen LogP contribution < -0.4 is 5.69 Å². The molecular weight excluding hydrogens is 296 g/mol. The average molecular weight is 313 g/mol. The fourth-order valence-corrected chi connectivity index (χ4v) is 2.80. The predicted molar refractivity (Wildman–Crippen MR) is 72.6 cm³/mol. The van der Waals surface area contributed by atoms with Crippen molar-refractivity contribution in [3.63, 3.8) is 0 Å². The molecule has 1 heterocycles. The van der Waals surface area contributed by atoms with Gasteiger partial charge in [-0.15, -0.1) is 0 Å². The van der Waals surface area contributed by atoms with E-state index in [2.05, 4.69) is 20.9 Å². The number of halogens is 1. The zero-order valence-electron chi connectivity index (χ0n) is 10.7. The van der Waals surface area contributed by atoms with E-state index in [1.54, 1.807) is 6.92 Å². The number of carbonyl (C=O) groups excluding carboxylic acids is 1. The Bertz CT molecular complexity index is 531. The van der Waals surface area contributed by atoms with Crippen molar-refractivity contribution in [1.29, 1.82) is 0 Å². The van der Waals surface area contributed by atoms with Gasteiger partial charge in [-0.05, 0) is 42.6 Å². The van der Waals surface area contributed by atoms with E-state index in [9.17, 15) is 9.59 Å². The van der Waals surface area contributed by atoms with E-state index < -0.39 is 0 Å². The number of aryl methyl sites for hydroxylation is 1. The highest BCUT2D eigenvalue weighted by molar-refractivity contribution is 9.10. The first-order chi connectivity index (χ1) is 8.50. The molecule has 0 bridgehead atoms. The van der Waals surface area contributed by atoms with Crippen LogP contribution in [0.1, 0.15) is 37.1 Å². The third-order valence-electron chi connectivity index (χ3n) is 3.66. The zero-order chi connectivity index (χ0) is 13.3. The van der Waals surface area contributed by atoms with E-state index in [1.165, 1.54) is 4.57 Å². The molecule has 5 heteroatoms.